The van der Waals surface area contributed by atoms with Crippen LogP contribution in [0.4, 0.5) is 0 Å². The Morgan fingerprint density at radius 1 is 0.547 bits per heavy atom. The molecule has 0 unspecified atom stereocenters. The molecule has 4 aromatic rings. The highest BCUT2D eigenvalue weighted by Crippen LogP contribution is 2.38. The molecule has 0 radical (unpaired) electrons. The van der Waals surface area contributed by atoms with Gasteiger partial charge in [0.1, 0.15) is 24.2 Å². The van der Waals surface area contributed by atoms with E-state index in [9.17, 15) is 43.5 Å². The maximum atomic E-state index is 15.0. The number of fused-ring (bicyclic) bond motifs is 2. The van der Waals surface area contributed by atoms with Crippen molar-refractivity contribution < 1.29 is 43.5 Å². The summed E-state index contributed by atoms with van der Waals surface area (Å²) >= 11 is 0. The maximum absolute atomic E-state index is 15.0. The number of carbonyl (C=O) groups is 8. The summed E-state index contributed by atoms with van der Waals surface area (Å²) in [6.07, 6.45) is 9.07. The number of aliphatic hydroxyl groups excluding tert-OH is 1. The summed E-state index contributed by atoms with van der Waals surface area (Å²) in [4.78, 5) is 118. The zero-order valence-electron chi connectivity index (χ0n) is 50.4. The molecule has 86 heavy (non-hydrogen) atoms. The summed E-state index contributed by atoms with van der Waals surface area (Å²) in [5.74, 6) is -3.70. The van der Waals surface area contributed by atoms with Crippen molar-refractivity contribution in [3.63, 3.8) is 0 Å². The van der Waals surface area contributed by atoms with Crippen molar-refractivity contribution in [2.75, 3.05) is 33.8 Å². The second kappa shape index (κ2) is 31.2. The topological polar surface area (TPSA) is 260 Å². The molecule has 4 saturated heterocycles. The van der Waals surface area contributed by atoms with Crippen LogP contribution in [0.5, 0.6) is 0 Å². The fourth-order valence-corrected chi connectivity index (χ4v) is 13.5. The van der Waals surface area contributed by atoms with E-state index in [0.29, 0.717) is 94.7 Å². The average Bonchev–Trinajstić information content (AvgIpc) is 1.36. The minimum Gasteiger partial charge on any atom is -0.396 e. The number of amides is 8. The first-order valence-electron chi connectivity index (χ1n) is 31.4. The highest BCUT2D eigenvalue weighted by molar-refractivity contribution is 5.99. The molecule has 0 bridgehead atoms. The van der Waals surface area contributed by atoms with Crippen LogP contribution in [0, 0.1) is 11.8 Å². The average molecular weight is 1180 g/mol. The summed E-state index contributed by atoms with van der Waals surface area (Å²) in [6.45, 7) is 3.93. The van der Waals surface area contributed by atoms with Crippen LogP contribution in [0.25, 0.3) is 0 Å². The van der Waals surface area contributed by atoms with Gasteiger partial charge in [0.15, 0.2) is 5.54 Å². The van der Waals surface area contributed by atoms with Gasteiger partial charge < -0.3 is 57.4 Å². The first-order valence-corrected chi connectivity index (χ1v) is 31.4. The summed E-state index contributed by atoms with van der Waals surface area (Å²) < 4.78 is 0. The Morgan fingerprint density at radius 2 is 0.988 bits per heavy atom. The fourth-order valence-electron chi connectivity index (χ4n) is 13.5. The quantitative estimate of drug-likeness (QED) is 0.0341. The highest BCUT2D eigenvalue weighted by atomic mass is 16.3. The smallest absolute Gasteiger partial charge is 0.255 e. The number of likely N-dealkylation sites (N-methyl/N-ethyl adjacent to an activating group) is 2. The number of aliphatic hydroxyl groups is 1. The van der Waals surface area contributed by atoms with Crippen LogP contribution in [0.3, 0.4) is 0 Å². The largest absolute Gasteiger partial charge is 0.396 e. The lowest BCUT2D eigenvalue weighted by Gasteiger charge is -2.37. The second-order valence-electron chi connectivity index (χ2n) is 23.6. The molecule has 4 heterocycles. The molecule has 0 aromatic heterocycles. The molecular weight excluding hydrogens is 1090 g/mol. The van der Waals surface area contributed by atoms with Gasteiger partial charge in [-0.3, -0.25) is 38.4 Å². The molecular formula is C67H90N10O9. The van der Waals surface area contributed by atoms with Crippen LogP contribution in [-0.4, -0.2) is 144 Å². The van der Waals surface area contributed by atoms with Crippen molar-refractivity contribution in [3.05, 3.63) is 144 Å². The molecule has 19 nitrogen and oxygen atoms in total. The lowest BCUT2D eigenvalue weighted by molar-refractivity contribution is -0.145. The van der Waals surface area contributed by atoms with Crippen LogP contribution in [-0.2, 0) is 43.9 Å². The van der Waals surface area contributed by atoms with Crippen LogP contribution < -0.4 is 42.5 Å². The number of carbonyl (C=O) groups excluding carboxylic acids is 8. The van der Waals surface area contributed by atoms with E-state index in [1.807, 2.05) is 111 Å². The predicted octanol–water partition coefficient (Wildman–Crippen LogP) is 5.02. The summed E-state index contributed by atoms with van der Waals surface area (Å²) in [5.41, 5.74) is 1.22. The van der Waals surface area contributed by atoms with Crippen molar-refractivity contribution in [1.29, 1.82) is 0 Å². The van der Waals surface area contributed by atoms with Crippen LogP contribution in [0.15, 0.2) is 121 Å². The van der Waals surface area contributed by atoms with Crippen LogP contribution in [0.2, 0.25) is 0 Å². The summed E-state index contributed by atoms with van der Waals surface area (Å²) in [6, 6.07) is 32.0. The van der Waals surface area contributed by atoms with Gasteiger partial charge in [-0.25, -0.2) is 0 Å². The normalized spacial score (nSPS) is 22.8. The molecule has 4 fully saturated rings. The zero-order chi connectivity index (χ0) is 61.2. The SMILES string of the molecule is CC[C@H](NC)C(=O)N[C@@H]1C(=O)N2[C@@H](CC[C@@H]1CNC(=O)CCCCCCCNC(=O)C(NC(=O)[C@@H]1CC[C@@H]3CC[C@H](CO)[C@H](NC(=O)[C@H](CC)NC)C(=O)N31)(c1ccccc1)c1ccccc1)CC[C@H]2C(=O)NC(c1ccccc1)c1ccccc1. The van der Waals surface area contributed by atoms with Crippen molar-refractivity contribution in [3.8, 4) is 0 Å². The van der Waals surface area contributed by atoms with Gasteiger partial charge in [-0.1, -0.05) is 154 Å². The van der Waals surface area contributed by atoms with Gasteiger partial charge in [0.2, 0.25) is 41.4 Å². The minimum absolute atomic E-state index is 0.157. The lowest BCUT2D eigenvalue weighted by atomic mass is 9.81. The van der Waals surface area contributed by atoms with E-state index in [1.165, 1.54) is 0 Å². The predicted molar refractivity (Wildman–Crippen MR) is 328 cm³/mol. The van der Waals surface area contributed by atoms with Crippen molar-refractivity contribution in [2.45, 2.75) is 176 Å². The third-order valence-electron chi connectivity index (χ3n) is 18.4. The van der Waals surface area contributed by atoms with E-state index in [0.717, 1.165) is 30.4 Å². The molecule has 10 atom stereocenters. The van der Waals surface area contributed by atoms with E-state index in [2.05, 4.69) is 42.5 Å². The number of hydrogen-bond acceptors (Lipinski definition) is 11. The lowest BCUT2D eigenvalue weighted by Crippen LogP contribution is -2.62. The standard InChI is InChI=1S/C67H90N10O9/c1-5-52(68-3)60(80)73-58-46(33-35-50-37-39-54(76(50)64(58)84)62(82)72-57(44-24-14-10-15-25-44)45-26-16-11-17-27-45)42-71-56(79)32-22-8-7-9-23-41-70-66(86)67(48-28-18-12-19-29-48,49-30-20-13-21-31-49)75-63(83)55-40-38-51-36-34-47(43-78)59(65(85)77(51)55)74-61(81)53(6-2)69-4/h10-21,24-31,46-47,50-55,57-59,68-69,78H,5-9,22-23,32-43H2,1-4H3,(H,70,86)(H,71,79)(H,72,82)(H,73,80)(H,74,81)(H,75,83)/t46-,47-,50+,51+,52+,53+,54+,55+,58+,59+/m1/s1. The third-order valence-corrected chi connectivity index (χ3v) is 18.4. The highest BCUT2D eigenvalue weighted by Gasteiger charge is 2.52. The van der Waals surface area contributed by atoms with E-state index in [-0.39, 0.29) is 61.2 Å². The summed E-state index contributed by atoms with van der Waals surface area (Å²) in [7, 11) is 3.38. The van der Waals surface area contributed by atoms with E-state index < -0.39 is 77.4 Å². The van der Waals surface area contributed by atoms with Crippen LogP contribution in [0.1, 0.15) is 145 Å². The second-order valence-corrected chi connectivity index (χ2v) is 23.6. The first kappa shape index (κ1) is 64.5. The van der Waals surface area contributed by atoms with Gasteiger partial charge in [0, 0.05) is 50.0 Å². The molecule has 4 aromatic carbocycles. The van der Waals surface area contributed by atoms with Gasteiger partial charge >= 0.3 is 0 Å². The van der Waals surface area contributed by atoms with Gasteiger partial charge in [-0.15, -0.1) is 0 Å². The number of rotatable bonds is 28. The minimum atomic E-state index is -1.69. The molecule has 8 amide bonds. The summed E-state index contributed by atoms with van der Waals surface area (Å²) in [5, 5.41) is 35.1. The Kier molecular flexibility index (Phi) is 23.4. The molecule has 9 N–H and O–H groups in total. The molecule has 19 heteroatoms. The maximum Gasteiger partial charge on any atom is 0.255 e. The van der Waals surface area contributed by atoms with Crippen molar-refractivity contribution in [2.24, 2.45) is 11.8 Å². The molecule has 4 aliphatic rings. The number of hydrogen-bond donors (Lipinski definition) is 9. The van der Waals surface area contributed by atoms with E-state index in [4.69, 9.17) is 0 Å². The molecule has 0 saturated carbocycles. The Balaban J connectivity index is 0.858. The molecule has 4 aliphatic heterocycles. The Hall–Kier alpha value is -7.48. The Morgan fingerprint density at radius 3 is 1.48 bits per heavy atom. The van der Waals surface area contributed by atoms with Gasteiger partial charge in [0.05, 0.1) is 18.1 Å². The number of nitrogens with one attached hydrogen (secondary N) is 8. The van der Waals surface area contributed by atoms with Crippen molar-refractivity contribution >= 4 is 47.3 Å². The Bertz CT molecular complexity index is 2820. The number of unbranched alkanes of at least 4 members (excludes halogenated alkanes) is 4. The molecule has 462 valence electrons. The van der Waals surface area contributed by atoms with Gasteiger partial charge in [0.25, 0.3) is 5.91 Å². The van der Waals surface area contributed by atoms with Gasteiger partial charge in [-0.2, -0.15) is 0 Å². The molecule has 0 aliphatic carbocycles. The Labute approximate surface area is 506 Å². The monoisotopic (exact) mass is 1180 g/mol. The zero-order valence-corrected chi connectivity index (χ0v) is 50.4. The van der Waals surface area contributed by atoms with Crippen LogP contribution >= 0.6 is 0 Å². The molecule has 8 rings (SSSR count). The van der Waals surface area contributed by atoms with E-state index >= 15 is 0 Å². The number of nitrogens with zero attached hydrogens (tertiary/aromatic N) is 2. The third kappa shape index (κ3) is 15.2. The first-order chi connectivity index (χ1) is 41.8. The molecule has 0 spiro atoms. The van der Waals surface area contributed by atoms with E-state index in [1.54, 1.807) is 48.2 Å². The fraction of sp³-hybridized carbons (Fsp3) is 0.522. The van der Waals surface area contributed by atoms with Crippen molar-refractivity contribution in [1.82, 2.24) is 52.3 Å². The van der Waals surface area contributed by atoms with Gasteiger partial charge in [-0.05, 0) is 113 Å². The number of benzene rings is 4.